The van der Waals surface area contributed by atoms with Crippen LogP contribution in [-0.2, 0) is 15.3 Å². The van der Waals surface area contributed by atoms with Crippen LogP contribution in [0, 0.1) is 0 Å². The number of amides is 1. The van der Waals surface area contributed by atoms with Crippen LogP contribution in [0.3, 0.4) is 0 Å². The highest BCUT2D eigenvalue weighted by atomic mass is 32.2. The molecule has 1 aromatic carbocycles. The van der Waals surface area contributed by atoms with E-state index in [4.69, 9.17) is 9.47 Å². The number of ether oxygens (including phenoxy) is 2. The average Bonchev–Trinajstić information content (AvgIpc) is 3.02. The fourth-order valence-corrected chi connectivity index (χ4v) is 3.88. The molecule has 0 aromatic heterocycles. The number of carbonyl (C=O) groups is 2. The maximum atomic E-state index is 11.4. The Balaban J connectivity index is 1.91. The number of esters is 1. The van der Waals surface area contributed by atoms with E-state index in [0.29, 0.717) is 19.6 Å². The molecule has 1 aliphatic rings. The Labute approximate surface area is 151 Å². The van der Waals surface area contributed by atoms with E-state index in [9.17, 15) is 14.7 Å². The van der Waals surface area contributed by atoms with Gasteiger partial charge >= 0.3 is 12.1 Å². The molecule has 2 atom stereocenters. The molecule has 1 amide bonds. The smallest absolute Gasteiger partial charge is 0.407 e. The van der Waals surface area contributed by atoms with E-state index < -0.39 is 12.1 Å². The number of hydrogen-bond acceptors (Lipinski definition) is 5. The van der Waals surface area contributed by atoms with Gasteiger partial charge in [-0.2, -0.15) is 11.8 Å². The molecule has 7 heteroatoms. The summed E-state index contributed by atoms with van der Waals surface area (Å²) in [5, 5.41) is 9.56. The molecule has 1 N–H and O–H groups in total. The van der Waals surface area contributed by atoms with Crippen LogP contribution in [0.5, 0.6) is 5.75 Å². The highest BCUT2D eigenvalue weighted by Gasteiger charge is 2.34. The third-order valence-electron chi connectivity index (χ3n) is 3.94. The molecule has 0 saturated carbocycles. The number of likely N-dealkylation sites (tertiary alicyclic amines) is 1. The summed E-state index contributed by atoms with van der Waals surface area (Å²) >= 11 is 1.72. The van der Waals surface area contributed by atoms with Crippen LogP contribution in [0.4, 0.5) is 4.79 Å². The molecule has 1 fully saturated rings. The zero-order valence-electron chi connectivity index (χ0n) is 14.4. The first-order valence-electron chi connectivity index (χ1n) is 8.12. The maximum absolute atomic E-state index is 11.4. The van der Waals surface area contributed by atoms with Crippen molar-refractivity contribution in [3.63, 3.8) is 0 Å². The molecule has 6 nitrogen and oxygen atoms in total. The number of benzene rings is 1. The van der Waals surface area contributed by atoms with Gasteiger partial charge in [0.05, 0.1) is 19.8 Å². The van der Waals surface area contributed by atoms with Crippen LogP contribution in [0.25, 0.3) is 0 Å². The van der Waals surface area contributed by atoms with E-state index in [0.717, 1.165) is 17.1 Å². The molecule has 0 spiro atoms. The summed E-state index contributed by atoms with van der Waals surface area (Å²) in [5.41, 5.74) is 1.16. The predicted octanol–water partition coefficient (Wildman–Crippen LogP) is 3.17. The number of thioether (sulfide) groups is 1. The number of carbonyl (C=O) groups excluding carboxylic acids is 1. The summed E-state index contributed by atoms with van der Waals surface area (Å²) in [6, 6.07) is 7.55. The molecule has 2 unspecified atom stereocenters. The Hall–Kier alpha value is -2.15. The van der Waals surface area contributed by atoms with E-state index in [2.05, 4.69) is 0 Å². The fraction of sp³-hybridized carbons (Fsp3) is 0.444. The number of nitrogens with zero attached hydrogens (tertiary/aromatic N) is 1. The Bertz CT molecular complexity index is 616. The lowest BCUT2D eigenvalue weighted by Gasteiger charge is -2.17. The molecule has 1 aliphatic heterocycles. The highest BCUT2D eigenvalue weighted by molar-refractivity contribution is 7.99. The first kappa shape index (κ1) is 19.2. The van der Waals surface area contributed by atoms with Crippen LogP contribution in [0.15, 0.2) is 36.4 Å². The summed E-state index contributed by atoms with van der Waals surface area (Å²) in [4.78, 5) is 24.2. The minimum Gasteiger partial charge on any atom is -0.497 e. The summed E-state index contributed by atoms with van der Waals surface area (Å²) < 4.78 is 9.98. The van der Waals surface area contributed by atoms with Crippen molar-refractivity contribution in [1.29, 1.82) is 0 Å². The maximum Gasteiger partial charge on any atom is 0.407 e. The zero-order valence-corrected chi connectivity index (χ0v) is 15.2. The minimum atomic E-state index is -0.967. The van der Waals surface area contributed by atoms with Crippen LogP contribution in [0.2, 0.25) is 0 Å². The summed E-state index contributed by atoms with van der Waals surface area (Å²) in [5.74, 6) is 1.18. The number of carboxylic acid groups (broad SMARTS) is 1. The van der Waals surface area contributed by atoms with Crippen molar-refractivity contribution in [2.24, 2.45) is 0 Å². The van der Waals surface area contributed by atoms with Gasteiger partial charge in [0.15, 0.2) is 0 Å². The molecule has 1 heterocycles. The highest BCUT2D eigenvalue weighted by Crippen LogP contribution is 2.31. The normalized spacial score (nSPS) is 20.0. The van der Waals surface area contributed by atoms with Crippen molar-refractivity contribution in [2.45, 2.75) is 30.4 Å². The molecular formula is C18H23NO5S. The van der Waals surface area contributed by atoms with Gasteiger partial charge in [0.25, 0.3) is 0 Å². The molecule has 0 bridgehead atoms. The number of methoxy groups -OCH3 is 1. The second kappa shape index (κ2) is 9.36. The molecule has 25 heavy (non-hydrogen) atoms. The Kier molecular flexibility index (Phi) is 7.18. The van der Waals surface area contributed by atoms with Gasteiger partial charge in [-0.1, -0.05) is 18.2 Å². The van der Waals surface area contributed by atoms with E-state index in [1.165, 1.54) is 11.0 Å². The average molecular weight is 365 g/mol. The van der Waals surface area contributed by atoms with Crippen molar-refractivity contribution in [3.8, 4) is 5.75 Å². The topological polar surface area (TPSA) is 76.1 Å². The number of rotatable bonds is 7. The van der Waals surface area contributed by atoms with E-state index in [1.807, 2.05) is 24.3 Å². The van der Waals surface area contributed by atoms with Crippen LogP contribution in [-0.4, -0.2) is 53.6 Å². The minimum absolute atomic E-state index is 0.190. The SMILES string of the molecule is CCOC(=O)/C=C/C1CC(SCc2ccc(OC)cc2)CN1C(=O)O. The van der Waals surface area contributed by atoms with Crippen molar-refractivity contribution in [1.82, 2.24) is 4.90 Å². The lowest BCUT2D eigenvalue weighted by Crippen LogP contribution is -2.33. The first-order chi connectivity index (χ1) is 12.0. The summed E-state index contributed by atoms with van der Waals surface area (Å²) in [6.07, 6.45) is 2.66. The lowest BCUT2D eigenvalue weighted by atomic mass is 10.2. The molecule has 2 rings (SSSR count). The first-order valence-corrected chi connectivity index (χ1v) is 9.17. The fourth-order valence-electron chi connectivity index (χ4n) is 2.66. The summed E-state index contributed by atoms with van der Waals surface area (Å²) in [7, 11) is 1.63. The monoisotopic (exact) mass is 365 g/mol. The second-order valence-corrected chi connectivity index (χ2v) is 6.92. The molecule has 1 aromatic rings. The quantitative estimate of drug-likeness (QED) is 0.591. The van der Waals surface area contributed by atoms with Crippen molar-refractivity contribution in [3.05, 3.63) is 42.0 Å². The molecule has 136 valence electrons. The molecule has 0 radical (unpaired) electrons. The van der Waals surface area contributed by atoms with Gasteiger partial charge in [-0.3, -0.25) is 0 Å². The summed E-state index contributed by atoms with van der Waals surface area (Å²) in [6.45, 7) is 2.49. The third-order valence-corrected chi connectivity index (χ3v) is 5.25. The predicted molar refractivity (Wildman–Crippen MR) is 97.0 cm³/mol. The third kappa shape index (κ3) is 5.70. The zero-order chi connectivity index (χ0) is 18.2. The van der Waals surface area contributed by atoms with Gasteiger partial charge in [0, 0.05) is 23.6 Å². The Morgan fingerprint density at radius 3 is 2.68 bits per heavy atom. The molecular weight excluding hydrogens is 342 g/mol. The van der Waals surface area contributed by atoms with Crippen LogP contribution < -0.4 is 4.74 Å². The standard InChI is InChI=1S/C18H23NO5S/c1-3-24-17(20)9-6-14-10-16(11-19(14)18(21)22)25-12-13-4-7-15(23-2)8-5-13/h4-9,14,16H,3,10-12H2,1-2H3,(H,21,22)/b9-6+. The Morgan fingerprint density at radius 2 is 2.08 bits per heavy atom. The van der Waals surface area contributed by atoms with E-state index in [1.54, 1.807) is 31.9 Å². The van der Waals surface area contributed by atoms with Crippen molar-refractivity contribution >= 4 is 23.8 Å². The van der Waals surface area contributed by atoms with Crippen LogP contribution >= 0.6 is 11.8 Å². The Morgan fingerprint density at radius 1 is 1.36 bits per heavy atom. The number of hydrogen-bond donors (Lipinski definition) is 1. The van der Waals surface area contributed by atoms with Gasteiger partial charge in [0.1, 0.15) is 5.75 Å². The van der Waals surface area contributed by atoms with Gasteiger partial charge in [-0.05, 0) is 31.0 Å². The molecule has 1 saturated heterocycles. The van der Waals surface area contributed by atoms with Gasteiger partial charge in [-0.25, -0.2) is 9.59 Å². The second-order valence-electron chi connectivity index (χ2n) is 5.63. The van der Waals surface area contributed by atoms with Gasteiger partial charge in [-0.15, -0.1) is 0 Å². The van der Waals surface area contributed by atoms with Gasteiger partial charge in [0.2, 0.25) is 0 Å². The van der Waals surface area contributed by atoms with Gasteiger partial charge < -0.3 is 19.5 Å². The lowest BCUT2D eigenvalue weighted by molar-refractivity contribution is -0.137. The van der Waals surface area contributed by atoms with E-state index >= 15 is 0 Å². The van der Waals surface area contributed by atoms with Crippen molar-refractivity contribution < 1.29 is 24.2 Å². The van der Waals surface area contributed by atoms with Crippen LogP contribution in [0.1, 0.15) is 18.9 Å². The molecule has 0 aliphatic carbocycles. The largest absolute Gasteiger partial charge is 0.497 e. The van der Waals surface area contributed by atoms with Crippen molar-refractivity contribution in [2.75, 3.05) is 20.3 Å². The van der Waals surface area contributed by atoms with E-state index in [-0.39, 0.29) is 11.3 Å².